The molecule has 2 N–H and O–H groups in total. The maximum atomic E-state index is 12.4. The summed E-state index contributed by atoms with van der Waals surface area (Å²) >= 11 is 2.76. The van der Waals surface area contributed by atoms with Crippen LogP contribution in [0.5, 0.6) is 11.5 Å². The van der Waals surface area contributed by atoms with E-state index in [4.69, 9.17) is 15.2 Å². The number of esters is 1. The number of thioether (sulfide) groups is 1. The average Bonchev–Trinajstić information content (AvgIpc) is 2.96. The SMILES string of the molecule is COc1cc(/C=C2\SC(=O)N(CC(N)=O)C2=O)ccc1OC(=O)c1ccccc1I. The monoisotopic (exact) mass is 538 g/mol. The van der Waals surface area contributed by atoms with Crippen molar-refractivity contribution in [2.24, 2.45) is 5.73 Å². The number of benzene rings is 2. The van der Waals surface area contributed by atoms with Crippen LogP contribution in [0.2, 0.25) is 0 Å². The number of nitrogens with two attached hydrogens (primary N) is 1. The van der Waals surface area contributed by atoms with Gasteiger partial charge in [-0.2, -0.15) is 0 Å². The van der Waals surface area contributed by atoms with Crippen molar-refractivity contribution in [3.63, 3.8) is 0 Å². The molecule has 0 aliphatic carbocycles. The van der Waals surface area contributed by atoms with Crippen LogP contribution in [0.1, 0.15) is 15.9 Å². The van der Waals surface area contributed by atoms with Gasteiger partial charge < -0.3 is 15.2 Å². The van der Waals surface area contributed by atoms with Gasteiger partial charge in [-0.1, -0.05) is 18.2 Å². The van der Waals surface area contributed by atoms with E-state index in [-0.39, 0.29) is 16.4 Å². The average molecular weight is 538 g/mol. The van der Waals surface area contributed by atoms with Crippen molar-refractivity contribution in [3.8, 4) is 11.5 Å². The molecule has 0 aromatic heterocycles. The van der Waals surface area contributed by atoms with Crippen molar-refractivity contribution < 1.29 is 28.7 Å². The van der Waals surface area contributed by atoms with Crippen LogP contribution in [0.3, 0.4) is 0 Å². The largest absolute Gasteiger partial charge is 0.493 e. The molecule has 154 valence electrons. The third-order valence-electron chi connectivity index (χ3n) is 3.97. The Labute approximate surface area is 189 Å². The van der Waals surface area contributed by atoms with Gasteiger partial charge in [0.15, 0.2) is 11.5 Å². The van der Waals surface area contributed by atoms with Gasteiger partial charge in [0.05, 0.1) is 17.6 Å². The molecule has 1 aliphatic rings. The Kier molecular flexibility index (Phi) is 6.77. The number of hydrogen-bond donors (Lipinski definition) is 1. The number of amides is 3. The zero-order valence-corrected chi connectivity index (χ0v) is 18.6. The minimum absolute atomic E-state index is 0.145. The summed E-state index contributed by atoms with van der Waals surface area (Å²) in [7, 11) is 1.42. The molecule has 1 saturated heterocycles. The predicted molar refractivity (Wildman–Crippen MR) is 119 cm³/mol. The predicted octanol–water partition coefficient (Wildman–Crippen LogP) is 3.04. The lowest BCUT2D eigenvalue weighted by molar-refractivity contribution is -0.127. The highest BCUT2D eigenvalue weighted by Gasteiger charge is 2.35. The maximum Gasteiger partial charge on any atom is 0.344 e. The van der Waals surface area contributed by atoms with E-state index in [2.05, 4.69) is 0 Å². The summed E-state index contributed by atoms with van der Waals surface area (Å²) in [5.41, 5.74) is 6.04. The number of carbonyl (C=O) groups excluding carboxylic acids is 4. The summed E-state index contributed by atoms with van der Waals surface area (Å²) in [4.78, 5) is 48.6. The van der Waals surface area contributed by atoms with Gasteiger partial charge in [0.25, 0.3) is 11.1 Å². The van der Waals surface area contributed by atoms with E-state index < -0.39 is 29.6 Å². The lowest BCUT2D eigenvalue weighted by Crippen LogP contribution is -2.36. The number of ether oxygens (including phenoxy) is 2. The van der Waals surface area contributed by atoms with Crippen molar-refractivity contribution in [2.75, 3.05) is 13.7 Å². The van der Waals surface area contributed by atoms with Gasteiger partial charge in [0.2, 0.25) is 5.91 Å². The summed E-state index contributed by atoms with van der Waals surface area (Å²) in [5, 5.41) is -0.569. The minimum atomic E-state index is -0.778. The van der Waals surface area contributed by atoms with Crippen LogP contribution in [0, 0.1) is 3.57 Å². The van der Waals surface area contributed by atoms with Crippen LogP contribution in [0.15, 0.2) is 47.4 Å². The molecule has 2 aromatic rings. The number of imide groups is 1. The summed E-state index contributed by atoms with van der Waals surface area (Å²) < 4.78 is 11.5. The number of primary amides is 1. The molecule has 0 saturated carbocycles. The van der Waals surface area contributed by atoms with E-state index in [0.717, 1.165) is 8.47 Å². The zero-order valence-electron chi connectivity index (χ0n) is 15.6. The first kappa shape index (κ1) is 21.8. The standard InChI is InChI=1S/C20H15IN2O6S/c1-28-15-8-11(9-16-18(25)23(10-17(22)24)20(27)30-16)6-7-14(15)29-19(26)12-4-2-3-5-13(12)21/h2-9H,10H2,1H3,(H2,22,24)/b16-9-. The summed E-state index contributed by atoms with van der Waals surface area (Å²) in [5.74, 6) is -1.42. The molecule has 1 aliphatic heterocycles. The molecular weight excluding hydrogens is 523 g/mol. The second-order valence-corrected chi connectivity index (χ2v) is 8.17. The Morgan fingerprint density at radius 3 is 2.57 bits per heavy atom. The van der Waals surface area contributed by atoms with Crippen LogP contribution >= 0.6 is 34.4 Å². The Morgan fingerprint density at radius 2 is 1.90 bits per heavy atom. The van der Waals surface area contributed by atoms with Crippen LogP contribution < -0.4 is 15.2 Å². The molecule has 3 amide bonds. The normalized spacial score (nSPS) is 14.9. The van der Waals surface area contributed by atoms with Crippen molar-refractivity contribution in [1.82, 2.24) is 4.90 Å². The second kappa shape index (κ2) is 9.30. The molecule has 0 bridgehead atoms. The highest BCUT2D eigenvalue weighted by molar-refractivity contribution is 14.1. The maximum absolute atomic E-state index is 12.4. The van der Waals surface area contributed by atoms with Crippen molar-refractivity contribution in [3.05, 3.63) is 62.1 Å². The van der Waals surface area contributed by atoms with E-state index in [0.29, 0.717) is 22.9 Å². The van der Waals surface area contributed by atoms with E-state index in [1.54, 1.807) is 30.3 Å². The van der Waals surface area contributed by atoms with E-state index >= 15 is 0 Å². The number of hydrogen-bond acceptors (Lipinski definition) is 7. The van der Waals surface area contributed by atoms with Gasteiger partial charge in [-0.3, -0.25) is 19.3 Å². The minimum Gasteiger partial charge on any atom is -0.493 e. The fraction of sp³-hybridized carbons (Fsp3) is 0.100. The van der Waals surface area contributed by atoms with Crippen LogP contribution in [-0.4, -0.2) is 41.6 Å². The van der Waals surface area contributed by atoms with Crippen molar-refractivity contribution >= 4 is 63.5 Å². The number of halogens is 1. The molecule has 8 nitrogen and oxygen atoms in total. The summed E-state index contributed by atoms with van der Waals surface area (Å²) in [6, 6.07) is 11.7. The fourth-order valence-electron chi connectivity index (χ4n) is 2.58. The molecule has 30 heavy (non-hydrogen) atoms. The Morgan fingerprint density at radius 1 is 1.17 bits per heavy atom. The van der Waals surface area contributed by atoms with E-state index in [1.807, 2.05) is 28.7 Å². The van der Waals surface area contributed by atoms with Crippen LogP contribution in [-0.2, 0) is 9.59 Å². The second-order valence-electron chi connectivity index (χ2n) is 6.01. The third kappa shape index (κ3) is 4.82. The Hall–Kier alpha value is -2.86. The number of nitrogens with zero attached hydrogens (tertiary/aromatic N) is 1. The summed E-state index contributed by atoms with van der Waals surface area (Å²) in [6.07, 6.45) is 1.49. The molecule has 0 atom stereocenters. The van der Waals surface area contributed by atoms with Gasteiger partial charge >= 0.3 is 5.97 Å². The van der Waals surface area contributed by atoms with Gasteiger partial charge in [-0.05, 0) is 70.3 Å². The Bertz CT molecular complexity index is 1080. The van der Waals surface area contributed by atoms with Crippen LogP contribution in [0.4, 0.5) is 4.79 Å². The van der Waals surface area contributed by atoms with Gasteiger partial charge in [-0.15, -0.1) is 0 Å². The lowest BCUT2D eigenvalue weighted by Gasteiger charge is -2.11. The topological polar surface area (TPSA) is 116 Å². The molecule has 0 radical (unpaired) electrons. The molecule has 0 unspecified atom stereocenters. The number of methoxy groups -OCH3 is 1. The molecule has 0 spiro atoms. The summed E-state index contributed by atoms with van der Waals surface area (Å²) in [6.45, 7) is -0.474. The zero-order chi connectivity index (χ0) is 21.8. The van der Waals surface area contributed by atoms with Gasteiger partial charge in [0.1, 0.15) is 6.54 Å². The molecule has 10 heteroatoms. The lowest BCUT2D eigenvalue weighted by atomic mass is 10.1. The first-order valence-electron chi connectivity index (χ1n) is 8.48. The quantitative estimate of drug-likeness (QED) is 0.260. The highest BCUT2D eigenvalue weighted by atomic mass is 127. The van der Waals surface area contributed by atoms with Crippen molar-refractivity contribution in [2.45, 2.75) is 0 Å². The highest BCUT2D eigenvalue weighted by Crippen LogP contribution is 2.34. The van der Waals surface area contributed by atoms with E-state index in [9.17, 15) is 19.2 Å². The van der Waals surface area contributed by atoms with Gasteiger partial charge in [-0.25, -0.2) is 4.79 Å². The van der Waals surface area contributed by atoms with E-state index in [1.165, 1.54) is 19.3 Å². The number of carbonyl (C=O) groups is 4. The Balaban J connectivity index is 1.82. The molecular formula is C20H15IN2O6S. The smallest absolute Gasteiger partial charge is 0.344 e. The van der Waals surface area contributed by atoms with Crippen LogP contribution in [0.25, 0.3) is 6.08 Å². The fourth-order valence-corrected chi connectivity index (χ4v) is 4.03. The van der Waals surface area contributed by atoms with Crippen molar-refractivity contribution in [1.29, 1.82) is 0 Å². The first-order valence-corrected chi connectivity index (χ1v) is 10.4. The van der Waals surface area contributed by atoms with Gasteiger partial charge in [0, 0.05) is 3.57 Å². The molecule has 3 rings (SSSR count). The third-order valence-corrected chi connectivity index (χ3v) is 5.82. The number of rotatable bonds is 6. The molecule has 2 aromatic carbocycles. The molecule has 1 heterocycles. The first-order chi connectivity index (χ1) is 14.3. The molecule has 1 fully saturated rings.